The Bertz CT molecular complexity index is 1050. The van der Waals surface area contributed by atoms with Gasteiger partial charge >= 0.3 is 6.09 Å². The summed E-state index contributed by atoms with van der Waals surface area (Å²) < 4.78 is 7.03. The number of benzene rings is 2. The maximum absolute atomic E-state index is 12.9. The van der Waals surface area contributed by atoms with Crippen LogP contribution in [0.4, 0.5) is 4.79 Å². The fourth-order valence-electron chi connectivity index (χ4n) is 4.32. The molecule has 2 bridgehead atoms. The Kier molecular flexibility index (Phi) is 5.07. The maximum Gasteiger partial charge on any atom is 0.410 e. The Morgan fingerprint density at radius 3 is 2.35 bits per heavy atom. The Morgan fingerprint density at radius 1 is 0.935 bits per heavy atom. The quantitative estimate of drug-likeness (QED) is 0.628. The molecule has 3 aromatic rings. The van der Waals surface area contributed by atoms with Gasteiger partial charge in [0.25, 0.3) is 0 Å². The molecule has 9 heteroatoms. The summed E-state index contributed by atoms with van der Waals surface area (Å²) in [5.41, 5.74) is 2.73. The molecule has 158 valence electrons. The Morgan fingerprint density at radius 2 is 1.68 bits per heavy atom. The van der Waals surface area contributed by atoms with Crippen LogP contribution in [0.2, 0.25) is 0 Å². The van der Waals surface area contributed by atoms with Gasteiger partial charge < -0.3 is 14.5 Å². The average Bonchev–Trinajstić information content (AvgIpc) is 3.56. The number of hydrogen-bond donors (Lipinski definition) is 0. The zero-order valence-corrected chi connectivity index (χ0v) is 16.9. The molecule has 5 rings (SSSR count). The van der Waals surface area contributed by atoms with Crippen molar-refractivity contribution in [2.45, 2.75) is 31.5 Å². The minimum atomic E-state index is -0.304. The van der Waals surface area contributed by atoms with Crippen LogP contribution in [-0.2, 0) is 22.6 Å². The summed E-state index contributed by atoms with van der Waals surface area (Å²) in [7, 11) is 0. The lowest BCUT2D eigenvalue weighted by Gasteiger charge is -2.33. The highest BCUT2D eigenvalue weighted by atomic mass is 16.6. The first-order chi connectivity index (χ1) is 15.2. The standard InChI is InChI=1S/C22H22N6O3/c29-21(10-16-6-8-18(9-7-16)28-15-23-24-25-28)26-12-20-11-19(26)13-27(20)22(30)31-14-17-4-2-1-3-5-17/h1-9,15,19-20H,10-14H2/t19-,20+/m0/s1. The number of rotatable bonds is 5. The fraction of sp³-hybridized carbons (Fsp3) is 0.318. The molecule has 0 N–H and O–H groups in total. The van der Waals surface area contributed by atoms with Crippen LogP contribution in [0.3, 0.4) is 0 Å². The zero-order valence-electron chi connectivity index (χ0n) is 16.9. The highest BCUT2D eigenvalue weighted by Gasteiger charge is 2.47. The third-order valence-electron chi connectivity index (χ3n) is 5.91. The van der Waals surface area contributed by atoms with Crippen molar-refractivity contribution in [1.82, 2.24) is 30.0 Å². The number of amides is 2. The van der Waals surface area contributed by atoms with E-state index in [4.69, 9.17) is 4.74 Å². The van der Waals surface area contributed by atoms with E-state index in [2.05, 4.69) is 15.5 Å². The number of carbonyl (C=O) groups is 2. The number of piperazine rings is 1. The molecule has 31 heavy (non-hydrogen) atoms. The first-order valence-corrected chi connectivity index (χ1v) is 10.3. The second-order valence-corrected chi connectivity index (χ2v) is 7.88. The summed E-state index contributed by atoms with van der Waals surface area (Å²) in [5.74, 6) is 0.0833. The van der Waals surface area contributed by atoms with Gasteiger partial charge in [0, 0.05) is 13.1 Å². The van der Waals surface area contributed by atoms with Gasteiger partial charge in [0.05, 0.1) is 24.2 Å². The van der Waals surface area contributed by atoms with Crippen molar-refractivity contribution in [1.29, 1.82) is 0 Å². The number of likely N-dealkylation sites (tertiary alicyclic amines) is 2. The van der Waals surface area contributed by atoms with Crippen molar-refractivity contribution < 1.29 is 14.3 Å². The van der Waals surface area contributed by atoms with Crippen molar-refractivity contribution >= 4 is 12.0 Å². The number of ether oxygens (including phenoxy) is 1. The van der Waals surface area contributed by atoms with E-state index in [1.54, 1.807) is 9.58 Å². The van der Waals surface area contributed by atoms with Gasteiger partial charge in [-0.3, -0.25) is 4.79 Å². The molecule has 2 saturated heterocycles. The van der Waals surface area contributed by atoms with E-state index in [1.807, 2.05) is 59.5 Å². The second kappa shape index (κ2) is 8.17. The second-order valence-electron chi connectivity index (χ2n) is 7.88. The van der Waals surface area contributed by atoms with Gasteiger partial charge in [0.1, 0.15) is 12.9 Å². The highest BCUT2D eigenvalue weighted by molar-refractivity contribution is 5.80. The molecule has 3 heterocycles. The van der Waals surface area contributed by atoms with Crippen molar-refractivity contribution in [3.63, 3.8) is 0 Å². The monoisotopic (exact) mass is 418 g/mol. The van der Waals surface area contributed by atoms with Crippen LogP contribution in [0.1, 0.15) is 17.5 Å². The summed E-state index contributed by atoms with van der Waals surface area (Å²) in [5, 5.41) is 11.1. The number of fused-ring (bicyclic) bond motifs is 2. The van der Waals surface area contributed by atoms with Gasteiger partial charge in [-0.2, -0.15) is 0 Å². The lowest BCUT2D eigenvalue weighted by Crippen LogP contribution is -2.51. The molecular formula is C22H22N6O3. The van der Waals surface area contributed by atoms with Gasteiger partial charge in [-0.05, 0) is 40.1 Å². The first kappa shape index (κ1) is 19.2. The van der Waals surface area contributed by atoms with E-state index >= 15 is 0 Å². The molecule has 1 aromatic heterocycles. The van der Waals surface area contributed by atoms with E-state index in [0.29, 0.717) is 19.5 Å². The van der Waals surface area contributed by atoms with Crippen molar-refractivity contribution in [3.05, 3.63) is 72.1 Å². The number of hydrogen-bond acceptors (Lipinski definition) is 6. The summed E-state index contributed by atoms with van der Waals surface area (Å²) in [6.45, 7) is 1.35. The van der Waals surface area contributed by atoms with Gasteiger partial charge in [-0.15, -0.1) is 5.10 Å². The third kappa shape index (κ3) is 3.98. The number of carbonyl (C=O) groups excluding carboxylic acids is 2. The van der Waals surface area contributed by atoms with Crippen LogP contribution >= 0.6 is 0 Å². The molecule has 2 aromatic carbocycles. The van der Waals surface area contributed by atoms with Gasteiger partial charge in [0.2, 0.25) is 5.91 Å². The van der Waals surface area contributed by atoms with E-state index in [0.717, 1.165) is 23.2 Å². The smallest absolute Gasteiger partial charge is 0.410 e. The van der Waals surface area contributed by atoms with Crippen LogP contribution in [0.5, 0.6) is 0 Å². The molecule has 0 spiro atoms. The van der Waals surface area contributed by atoms with Crippen molar-refractivity contribution in [2.24, 2.45) is 0 Å². The number of aromatic nitrogens is 4. The van der Waals surface area contributed by atoms with Crippen LogP contribution < -0.4 is 0 Å². The summed E-state index contributed by atoms with van der Waals surface area (Å²) in [6.07, 6.45) is 2.36. The summed E-state index contributed by atoms with van der Waals surface area (Å²) >= 11 is 0. The Hall–Kier alpha value is -3.75. The molecule has 0 radical (unpaired) electrons. The van der Waals surface area contributed by atoms with Crippen LogP contribution in [0, 0.1) is 0 Å². The largest absolute Gasteiger partial charge is 0.445 e. The van der Waals surface area contributed by atoms with Crippen LogP contribution in [0.25, 0.3) is 5.69 Å². The summed E-state index contributed by atoms with van der Waals surface area (Å²) in [6, 6.07) is 17.3. The van der Waals surface area contributed by atoms with Gasteiger partial charge in [-0.25, -0.2) is 9.48 Å². The van der Waals surface area contributed by atoms with E-state index in [1.165, 1.54) is 6.33 Å². The number of nitrogens with zero attached hydrogens (tertiary/aromatic N) is 6. The topological polar surface area (TPSA) is 93.5 Å². The van der Waals surface area contributed by atoms with Gasteiger partial charge in [-0.1, -0.05) is 42.5 Å². The minimum absolute atomic E-state index is 0.0272. The Labute approximate surface area is 179 Å². The molecule has 0 aliphatic carbocycles. The molecule has 0 unspecified atom stereocenters. The SMILES string of the molecule is O=C(Cc1ccc(-n2cnnn2)cc1)N1C[C@H]2C[C@H]1CN2C(=O)OCc1ccccc1. The maximum atomic E-state index is 12.9. The van der Waals surface area contributed by atoms with E-state index < -0.39 is 0 Å². The minimum Gasteiger partial charge on any atom is -0.445 e. The predicted octanol–water partition coefficient (Wildman–Crippen LogP) is 1.83. The molecule has 9 nitrogen and oxygen atoms in total. The first-order valence-electron chi connectivity index (χ1n) is 10.3. The normalized spacial score (nSPS) is 19.6. The highest BCUT2D eigenvalue weighted by Crippen LogP contribution is 2.31. The number of tetrazole rings is 1. The fourth-order valence-corrected chi connectivity index (χ4v) is 4.32. The lowest BCUT2D eigenvalue weighted by molar-refractivity contribution is -0.132. The Balaban J connectivity index is 1.14. The van der Waals surface area contributed by atoms with E-state index in [-0.39, 0.29) is 30.7 Å². The molecule has 2 atom stereocenters. The van der Waals surface area contributed by atoms with Crippen LogP contribution in [-0.4, -0.2) is 67.2 Å². The average molecular weight is 418 g/mol. The predicted molar refractivity (Wildman–Crippen MR) is 110 cm³/mol. The van der Waals surface area contributed by atoms with Gasteiger partial charge in [0.15, 0.2) is 0 Å². The molecule has 2 aliphatic heterocycles. The van der Waals surface area contributed by atoms with Crippen molar-refractivity contribution in [3.8, 4) is 5.69 Å². The van der Waals surface area contributed by atoms with E-state index in [9.17, 15) is 9.59 Å². The lowest BCUT2D eigenvalue weighted by atomic mass is 10.1. The zero-order chi connectivity index (χ0) is 21.2. The molecule has 2 fully saturated rings. The third-order valence-corrected chi connectivity index (χ3v) is 5.91. The van der Waals surface area contributed by atoms with Crippen LogP contribution in [0.15, 0.2) is 60.9 Å². The summed E-state index contributed by atoms with van der Waals surface area (Å²) in [4.78, 5) is 29.0. The molecule has 2 amide bonds. The molecular weight excluding hydrogens is 396 g/mol. The molecule has 0 saturated carbocycles. The van der Waals surface area contributed by atoms with Crippen molar-refractivity contribution in [2.75, 3.05) is 13.1 Å². The molecule has 2 aliphatic rings.